The van der Waals surface area contributed by atoms with Gasteiger partial charge in [-0.2, -0.15) is 0 Å². The van der Waals surface area contributed by atoms with E-state index in [1.54, 1.807) is 13.8 Å². The molecule has 0 saturated heterocycles. The number of carbonyl (C=O) groups excluding carboxylic acids is 1. The number of hydrogen-bond acceptors (Lipinski definition) is 4. The van der Waals surface area contributed by atoms with Gasteiger partial charge in [-0.3, -0.25) is 14.7 Å². The van der Waals surface area contributed by atoms with E-state index in [1.165, 1.54) is 22.2 Å². The fraction of sp³-hybridized carbons (Fsp3) is 0.308. The summed E-state index contributed by atoms with van der Waals surface area (Å²) in [6, 6.07) is 3.40. The third-order valence-corrected chi connectivity index (χ3v) is 3.70. The monoisotopic (exact) mass is 292 g/mol. The summed E-state index contributed by atoms with van der Waals surface area (Å²) >= 11 is 1.45. The van der Waals surface area contributed by atoms with Crippen molar-refractivity contribution in [2.24, 2.45) is 0 Å². The highest BCUT2D eigenvalue weighted by Gasteiger charge is 2.05. The van der Waals surface area contributed by atoms with Crippen molar-refractivity contribution in [3.05, 3.63) is 45.5 Å². The second kappa shape index (κ2) is 6.33. The lowest BCUT2D eigenvalue weighted by Gasteiger charge is -2.09. The largest absolute Gasteiger partial charge is 0.336 e. The van der Waals surface area contributed by atoms with Crippen LogP contribution < -0.4 is 16.2 Å². The first-order valence-electron chi connectivity index (χ1n) is 6.19. The molecule has 2 heterocycles. The van der Waals surface area contributed by atoms with E-state index in [9.17, 15) is 9.59 Å². The minimum atomic E-state index is -0.280. The van der Waals surface area contributed by atoms with Crippen LogP contribution in [-0.4, -0.2) is 22.1 Å². The third kappa shape index (κ3) is 3.45. The van der Waals surface area contributed by atoms with Gasteiger partial charge in [0.15, 0.2) is 0 Å². The van der Waals surface area contributed by atoms with Crippen LogP contribution in [0.3, 0.4) is 0 Å². The van der Waals surface area contributed by atoms with Crippen LogP contribution in [0.1, 0.15) is 11.3 Å². The zero-order chi connectivity index (χ0) is 14.5. The molecule has 0 bridgehead atoms. The molecule has 0 radical (unpaired) electrons. The molecule has 0 aliphatic rings. The van der Waals surface area contributed by atoms with Gasteiger partial charge >= 0.3 is 6.03 Å². The van der Waals surface area contributed by atoms with Crippen molar-refractivity contribution in [1.29, 1.82) is 0 Å². The van der Waals surface area contributed by atoms with Gasteiger partial charge in [0.2, 0.25) is 0 Å². The molecule has 2 N–H and O–H groups in total. The normalized spacial score (nSPS) is 10.3. The summed E-state index contributed by atoms with van der Waals surface area (Å²) in [7, 11) is 0. The number of nitrogens with zero attached hydrogens (tertiary/aromatic N) is 2. The molecule has 0 fully saturated rings. The smallest absolute Gasteiger partial charge is 0.319 e. The van der Waals surface area contributed by atoms with E-state index in [1.807, 2.05) is 17.5 Å². The number of thiophene rings is 1. The van der Waals surface area contributed by atoms with E-state index in [0.717, 1.165) is 10.7 Å². The standard InChI is InChI=1S/C13H16N4O2S/c1-9-10(2)15-8-17(12(9)18)6-5-14-13(19)16-11-4-3-7-20-11/h3-4,7-8H,5-6H2,1-2H3,(H2,14,16,19). The van der Waals surface area contributed by atoms with Crippen LogP contribution in [0.25, 0.3) is 0 Å². The number of rotatable bonds is 4. The quantitative estimate of drug-likeness (QED) is 0.901. The van der Waals surface area contributed by atoms with Crippen molar-refractivity contribution in [2.45, 2.75) is 20.4 Å². The lowest BCUT2D eigenvalue weighted by molar-refractivity contribution is 0.251. The molecule has 2 rings (SSSR count). The van der Waals surface area contributed by atoms with Gasteiger partial charge in [0.05, 0.1) is 11.3 Å². The Labute approximate surface area is 120 Å². The van der Waals surface area contributed by atoms with E-state index < -0.39 is 0 Å². The average molecular weight is 292 g/mol. The maximum atomic E-state index is 11.9. The Hall–Kier alpha value is -2.15. The highest BCUT2D eigenvalue weighted by molar-refractivity contribution is 7.14. The summed E-state index contributed by atoms with van der Waals surface area (Å²) in [5, 5.41) is 8.08. The summed E-state index contributed by atoms with van der Waals surface area (Å²) in [5.41, 5.74) is 1.29. The molecule has 6 nitrogen and oxygen atoms in total. The summed E-state index contributed by atoms with van der Waals surface area (Å²) in [6.45, 7) is 4.30. The minimum absolute atomic E-state index is 0.0713. The maximum absolute atomic E-state index is 11.9. The van der Waals surface area contributed by atoms with Crippen LogP contribution in [0.2, 0.25) is 0 Å². The molecule has 2 aromatic heterocycles. The zero-order valence-corrected chi connectivity index (χ0v) is 12.2. The lowest BCUT2D eigenvalue weighted by atomic mass is 10.3. The minimum Gasteiger partial charge on any atom is -0.336 e. The Balaban J connectivity index is 1.86. The highest BCUT2D eigenvalue weighted by atomic mass is 32.1. The zero-order valence-electron chi connectivity index (χ0n) is 11.3. The van der Waals surface area contributed by atoms with E-state index in [4.69, 9.17) is 0 Å². The number of nitrogens with one attached hydrogen (secondary N) is 2. The van der Waals surface area contributed by atoms with Crippen molar-refractivity contribution in [2.75, 3.05) is 11.9 Å². The Bertz CT molecular complexity index is 649. The molecule has 0 aliphatic heterocycles. The molecular formula is C13H16N4O2S. The molecule has 7 heteroatoms. The van der Waals surface area contributed by atoms with Gasteiger partial charge in [0.1, 0.15) is 0 Å². The molecule has 0 unspecified atom stereocenters. The van der Waals surface area contributed by atoms with Crippen LogP contribution in [-0.2, 0) is 6.54 Å². The van der Waals surface area contributed by atoms with Gasteiger partial charge < -0.3 is 5.32 Å². The van der Waals surface area contributed by atoms with Crippen molar-refractivity contribution in [1.82, 2.24) is 14.9 Å². The lowest BCUT2D eigenvalue weighted by Crippen LogP contribution is -2.34. The molecule has 0 spiro atoms. The van der Waals surface area contributed by atoms with Crippen molar-refractivity contribution in [3.63, 3.8) is 0 Å². The molecule has 0 atom stereocenters. The van der Waals surface area contributed by atoms with Gasteiger partial charge in [0.25, 0.3) is 5.56 Å². The van der Waals surface area contributed by atoms with Gasteiger partial charge in [0, 0.05) is 24.3 Å². The summed E-state index contributed by atoms with van der Waals surface area (Å²) in [4.78, 5) is 27.6. The van der Waals surface area contributed by atoms with Gasteiger partial charge in [-0.15, -0.1) is 11.3 Å². The predicted octanol–water partition coefficient (Wildman–Crippen LogP) is 1.74. The van der Waals surface area contributed by atoms with Gasteiger partial charge in [-0.05, 0) is 31.4 Å². The molecule has 0 aromatic carbocycles. The molecule has 2 amide bonds. The van der Waals surface area contributed by atoms with E-state index in [2.05, 4.69) is 15.6 Å². The third-order valence-electron chi connectivity index (χ3n) is 2.91. The van der Waals surface area contributed by atoms with Crippen LogP contribution >= 0.6 is 11.3 Å². The number of urea groups is 1. The molecule has 0 saturated carbocycles. The fourth-order valence-corrected chi connectivity index (χ4v) is 2.24. The molecule has 106 valence electrons. The topological polar surface area (TPSA) is 76.0 Å². The van der Waals surface area contributed by atoms with Crippen LogP contribution in [0.15, 0.2) is 28.6 Å². The van der Waals surface area contributed by atoms with Crippen LogP contribution in [0.4, 0.5) is 9.80 Å². The molecule has 20 heavy (non-hydrogen) atoms. The van der Waals surface area contributed by atoms with E-state index in [0.29, 0.717) is 18.7 Å². The van der Waals surface area contributed by atoms with Crippen LogP contribution in [0.5, 0.6) is 0 Å². The second-order valence-corrected chi connectivity index (χ2v) is 5.26. The Morgan fingerprint density at radius 3 is 2.95 bits per heavy atom. The Morgan fingerprint density at radius 2 is 2.25 bits per heavy atom. The number of amides is 2. The van der Waals surface area contributed by atoms with E-state index >= 15 is 0 Å². The number of hydrogen-bond donors (Lipinski definition) is 2. The predicted molar refractivity (Wildman–Crippen MR) is 79.3 cm³/mol. The number of carbonyl (C=O) groups is 1. The summed E-state index contributed by atoms with van der Waals surface area (Å²) in [5.74, 6) is 0. The van der Waals surface area contributed by atoms with Crippen LogP contribution in [0, 0.1) is 13.8 Å². The van der Waals surface area contributed by atoms with Gasteiger partial charge in [-0.25, -0.2) is 9.78 Å². The van der Waals surface area contributed by atoms with E-state index in [-0.39, 0.29) is 11.6 Å². The number of anilines is 1. The Morgan fingerprint density at radius 1 is 1.45 bits per heavy atom. The second-order valence-electron chi connectivity index (χ2n) is 4.31. The Kier molecular flexibility index (Phi) is 4.52. The summed E-state index contributed by atoms with van der Waals surface area (Å²) < 4.78 is 1.49. The SMILES string of the molecule is Cc1ncn(CCNC(=O)Nc2cccs2)c(=O)c1C. The molecule has 2 aromatic rings. The first kappa shape index (κ1) is 14.3. The molecule has 0 aliphatic carbocycles. The maximum Gasteiger partial charge on any atom is 0.319 e. The molecular weight excluding hydrogens is 276 g/mol. The highest BCUT2D eigenvalue weighted by Crippen LogP contribution is 2.14. The number of aromatic nitrogens is 2. The van der Waals surface area contributed by atoms with Crippen molar-refractivity contribution < 1.29 is 4.79 Å². The fourth-order valence-electron chi connectivity index (χ4n) is 1.63. The summed E-state index contributed by atoms with van der Waals surface area (Å²) in [6.07, 6.45) is 1.50. The number of aryl methyl sites for hydroxylation is 1. The van der Waals surface area contributed by atoms with Crippen molar-refractivity contribution >= 4 is 22.4 Å². The first-order valence-corrected chi connectivity index (χ1v) is 7.07. The van der Waals surface area contributed by atoms with Gasteiger partial charge in [-0.1, -0.05) is 0 Å². The average Bonchev–Trinajstić information content (AvgIpc) is 2.91. The van der Waals surface area contributed by atoms with Crippen molar-refractivity contribution in [3.8, 4) is 0 Å². The first-order chi connectivity index (χ1) is 9.58.